The zero-order chi connectivity index (χ0) is 16.2. The molecule has 2 unspecified atom stereocenters. The van der Waals surface area contributed by atoms with Crippen LogP contribution in [0.2, 0.25) is 0 Å². The van der Waals surface area contributed by atoms with Gasteiger partial charge in [0.05, 0.1) is 10.5 Å². The van der Waals surface area contributed by atoms with Crippen molar-refractivity contribution >= 4 is 5.69 Å². The Morgan fingerprint density at radius 1 is 1.33 bits per heavy atom. The van der Waals surface area contributed by atoms with Crippen molar-refractivity contribution in [1.82, 2.24) is 5.32 Å². The topological polar surface area (TPSA) is 55.2 Å². The van der Waals surface area contributed by atoms with Crippen LogP contribution >= 0.6 is 0 Å². The highest BCUT2D eigenvalue weighted by atomic mass is 19.4. The van der Waals surface area contributed by atoms with E-state index in [1.807, 2.05) is 20.8 Å². The van der Waals surface area contributed by atoms with Crippen LogP contribution in [0.1, 0.15) is 44.2 Å². The molecule has 1 N–H and O–H groups in total. The van der Waals surface area contributed by atoms with Gasteiger partial charge >= 0.3 is 6.18 Å². The predicted octanol–water partition coefficient (Wildman–Crippen LogP) is 4.11. The third kappa shape index (κ3) is 4.17. The molecule has 0 aliphatic rings. The molecule has 0 amide bonds. The van der Waals surface area contributed by atoms with E-state index in [-0.39, 0.29) is 12.0 Å². The Balaban J connectivity index is 3.31. The lowest BCUT2D eigenvalue weighted by Gasteiger charge is -2.24. The van der Waals surface area contributed by atoms with E-state index >= 15 is 0 Å². The van der Waals surface area contributed by atoms with Gasteiger partial charge in [0.1, 0.15) is 0 Å². The highest BCUT2D eigenvalue weighted by molar-refractivity contribution is 5.46. The van der Waals surface area contributed by atoms with Gasteiger partial charge in [-0.05, 0) is 26.0 Å². The van der Waals surface area contributed by atoms with E-state index in [2.05, 4.69) is 5.32 Å². The molecule has 0 bridgehead atoms. The number of nitro groups is 1. The Bertz CT molecular complexity index is 503. The maximum absolute atomic E-state index is 12.7. The lowest BCUT2D eigenvalue weighted by Crippen LogP contribution is -2.32. The number of alkyl halides is 3. The summed E-state index contributed by atoms with van der Waals surface area (Å²) in [5.41, 5.74) is -1.13. The van der Waals surface area contributed by atoms with Crippen molar-refractivity contribution in [3.63, 3.8) is 0 Å². The van der Waals surface area contributed by atoms with E-state index in [1.165, 1.54) is 6.07 Å². The second kappa shape index (κ2) is 6.89. The highest BCUT2D eigenvalue weighted by Gasteiger charge is 2.34. The van der Waals surface area contributed by atoms with Crippen molar-refractivity contribution in [2.24, 2.45) is 0 Å². The van der Waals surface area contributed by atoms with Crippen molar-refractivity contribution in [2.75, 3.05) is 6.54 Å². The van der Waals surface area contributed by atoms with Crippen LogP contribution in [-0.4, -0.2) is 17.5 Å². The molecule has 7 heteroatoms. The van der Waals surface area contributed by atoms with Gasteiger partial charge in [-0.3, -0.25) is 10.1 Å². The number of hydrogen-bond donors (Lipinski definition) is 1. The van der Waals surface area contributed by atoms with Gasteiger partial charge in [-0.2, -0.15) is 13.2 Å². The number of benzene rings is 1. The average Bonchev–Trinajstić information content (AvgIpc) is 2.38. The molecule has 1 rings (SSSR count). The normalized spacial score (nSPS) is 14.8. The molecule has 0 saturated carbocycles. The average molecular weight is 304 g/mol. The molecule has 0 saturated heterocycles. The van der Waals surface area contributed by atoms with Gasteiger partial charge in [-0.25, -0.2) is 0 Å². The fourth-order valence-corrected chi connectivity index (χ4v) is 2.50. The summed E-state index contributed by atoms with van der Waals surface area (Å²) in [5, 5.41) is 14.3. The Kier molecular flexibility index (Phi) is 5.71. The van der Waals surface area contributed by atoms with Crippen LogP contribution in [0.15, 0.2) is 18.2 Å². The molecule has 118 valence electrons. The van der Waals surface area contributed by atoms with Crippen LogP contribution in [0, 0.1) is 10.1 Å². The van der Waals surface area contributed by atoms with E-state index < -0.39 is 22.4 Å². The van der Waals surface area contributed by atoms with Crippen LogP contribution in [0.25, 0.3) is 0 Å². The molecule has 0 spiro atoms. The SMILES string of the molecule is CCNC(C)C(CC)c1ccc(C(F)(F)F)cc1[N+](=O)[O-]. The van der Waals surface area contributed by atoms with Gasteiger partial charge < -0.3 is 5.32 Å². The quantitative estimate of drug-likeness (QED) is 0.635. The van der Waals surface area contributed by atoms with Crippen molar-refractivity contribution in [2.45, 2.75) is 45.3 Å². The summed E-state index contributed by atoms with van der Waals surface area (Å²) in [5.74, 6) is -0.215. The van der Waals surface area contributed by atoms with Gasteiger partial charge in [0.15, 0.2) is 0 Å². The summed E-state index contributed by atoms with van der Waals surface area (Å²) < 4.78 is 38.1. The van der Waals surface area contributed by atoms with Crippen LogP contribution in [0.4, 0.5) is 18.9 Å². The van der Waals surface area contributed by atoms with Crippen LogP contribution in [0.3, 0.4) is 0 Å². The monoisotopic (exact) mass is 304 g/mol. The summed E-state index contributed by atoms with van der Waals surface area (Å²) in [6.45, 7) is 6.33. The molecule has 4 nitrogen and oxygen atoms in total. The lowest BCUT2D eigenvalue weighted by atomic mass is 9.88. The van der Waals surface area contributed by atoms with Crippen molar-refractivity contribution < 1.29 is 18.1 Å². The predicted molar refractivity (Wildman–Crippen MR) is 74.3 cm³/mol. The van der Waals surface area contributed by atoms with Gasteiger partial charge in [0.25, 0.3) is 5.69 Å². The Morgan fingerprint density at radius 3 is 2.38 bits per heavy atom. The Labute approximate surface area is 121 Å². The minimum absolute atomic E-state index is 0.0598. The van der Waals surface area contributed by atoms with Gasteiger partial charge in [0.2, 0.25) is 0 Å². The zero-order valence-electron chi connectivity index (χ0n) is 12.2. The van der Waals surface area contributed by atoms with Gasteiger partial charge in [-0.15, -0.1) is 0 Å². The fourth-order valence-electron chi connectivity index (χ4n) is 2.50. The molecule has 0 heterocycles. The highest BCUT2D eigenvalue weighted by Crippen LogP contribution is 2.37. The molecular formula is C14H19F3N2O2. The third-order valence-electron chi connectivity index (χ3n) is 3.52. The first-order valence-corrected chi connectivity index (χ1v) is 6.81. The first-order valence-electron chi connectivity index (χ1n) is 6.81. The van der Waals surface area contributed by atoms with Crippen molar-refractivity contribution in [1.29, 1.82) is 0 Å². The summed E-state index contributed by atoms with van der Waals surface area (Å²) in [6.07, 6.45) is -3.99. The van der Waals surface area contributed by atoms with Gasteiger partial charge in [0, 0.05) is 23.6 Å². The van der Waals surface area contributed by atoms with Crippen molar-refractivity contribution in [3.05, 3.63) is 39.4 Å². The first kappa shape index (κ1) is 17.4. The lowest BCUT2D eigenvalue weighted by molar-refractivity contribution is -0.386. The maximum atomic E-state index is 12.7. The largest absolute Gasteiger partial charge is 0.416 e. The standard InChI is InChI=1S/C14H19F3N2O2/c1-4-11(9(3)18-5-2)12-7-6-10(14(15,16)17)8-13(12)19(20)21/h6-9,11,18H,4-5H2,1-3H3. The first-order chi connectivity index (χ1) is 9.72. The molecule has 2 atom stereocenters. The van der Waals surface area contributed by atoms with Crippen LogP contribution in [0.5, 0.6) is 0 Å². The smallest absolute Gasteiger partial charge is 0.314 e. The van der Waals surface area contributed by atoms with E-state index in [4.69, 9.17) is 0 Å². The molecule has 1 aromatic carbocycles. The van der Waals surface area contributed by atoms with Gasteiger partial charge in [-0.1, -0.05) is 19.9 Å². The molecule has 0 radical (unpaired) electrons. The van der Waals surface area contributed by atoms with E-state index in [1.54, 1.807) is 0 Å². The number of likely N-dealkylation sites (N-methyl/N-ethyl adjacent to an activating group) is 1. The van der Waals surface area contributed by atoms with Crippen LogP contribution < -0.4 is 5.32 Å². The third-order valence-corrected chi connectivity index (χ3v) is 3.52. The second-order valence-electron chi connectivity index (χ2n) is 4.89. The number of nitrogens with zero attached hydrogens (tertiary/aromatic N) is 1. The number of nitrogens with one attached hydrogen (secondary N) is 1. The Morgan fingerprint density at radius 2 is 1.95 bits per heavy atom. The number of rotatable bonds is 6. The van der Waals surface area contributed by atoms with Crippen molar-refractivity contribution in [3.8, 4) is 0 Å². The molecular weight excluding hydrogens is 285 g/mol. The molecule has 0 fully saturated rings. The zero-order valence-corrected chi connectivity index (χ0v) is 12.2. The molecule has 0 aliphatic heterocycles. The molecule has 0 aliphatic carbocycles. The fraction of sp³-hybridized carbons (Fsp3) is 0.571. The summed E-state index contributed by atoms with van der Waals surface area (Å²) in [7, 11) is 0. The van der Waals surface area contributed by atoms with E-state index in [0.717, 1.165) is 6.07 Å². The van der Waals surface area contributed by atoms with E-state index in [9.17, 15) is 23.3 Å². The number of hydrogen-bond acceptors (Lipinski definition) is 3. The van der Waals surface area contributed by atoms with Crippen LogP contribution in [-0.2, 0) is 6.18 Å². The summed E-state index contributed by atoms with van der Waals surface area (Å²) >= 11 is 0. The molecule has 21 heavy (non-hydrogen) atoms. The number of nitro benzene ring substituents is 1. The number of halogens is 3. The minimum atomic E-state index is -4.59. The summed E-state index contributed by atoms with van der Waals surface area (Å²) in [6, 6.07) is 2.69. The summed E-state index contributed by atoms with van der Waals surface area (Å²) in [4.78, 5) is 10.4. The Hall–Kier alpha value is -1.63. The second-order valence-corrected chi connectivity index (χ2v) is 4.89. The molecule has 0 aromatic heterocycles. The maximum Gasteiger partial charge on any atom is 0.416 e. The minimum Gasteiger partial charge on any atom is -0.314 e. The van der Waals surface area contributed by atoms with E-state index in [0.29, 0.717) is 24.6 Å². The molecule has 1 aromatic rings.